The van der Waals surface area contributed by atoms with E-state index in [2.05, 4.69) is 4.99 Å². The summed E-state index contributed by atoms with van der Waals surface area (Å²) in [6, 6.07) is 8.11. The summed E-state index contributed by atoms with van der Waals surface area (Å²) in [5.41, 5.74) is 0.759. The number of methoxy groups -OCH3 is 1. The molecule has 0 aliphatic rings. The average molecular weight is 446 g/mol. The minimum atomic E-state index is -3.81. The lowest BCUT2D eigenvalue weighted by molar-refractivity contribution is -0.117. The van der Waals surface area contributed by atoms with Crippen molar-refractivity contribution in [3.8, 4) is 0 Å². The Bertz CT molecular complexity index is 1160. The number of nitrogens with two attached hydrogens (primary N) is 1. The highest BCUT2D eigenvalue weighted by Gasteiger charge is 2.13. The lowest BCUT2D eigenvalue weighted by atomic mass is 10.3. The van der Waals surface area contributed by atoms with Crippen LogP contribution in [-0.2, 0) is 32.5 Å². The molecule has 0 bridgehead atoms. The van der Waals surface area contributed by atoms with Crippen molar-refractivity contribution in [1.82, 2.24) is 4.57 Å². The van der Waals surface area contributed by atoms with Crippen molar-refractivity contribution in [2.75, 3.05) is 13.7 Å². The third-order valence-corrected chi connectivity index (χ3v) is 6.86. The Morgan fingerprint density at radius 2 is 2.07 bits per heavy atom. The molecule has 0 aliphatic heterocycles. The van der Waals surface area contributed by atoms with E-state index in [1.165, 1.54) is 34.8 Å². The highest BCUT2D eigenvalue weighted by molar-refractivity contribution is 7.89. The molecule has 27 heavy (non-hydrogen) atoms. The maximum atomic E-state index is 12.4. The number of thiophene rings is 1. The molecule has 0 atom stereocenters. The topological polar surface area (TPSA) is 104 Å². The number of ether oxygens (including phenoxy) is 1. The first kappa shape index (κ1) is 20.2. The molecule has 3 aromatic rings. The summed E-state index contributed by atoms with van der Waals surface area (Å²) in [5.74, 6) is -0.307. The summed E-state index contributed by atoms with van der Waals surface area (Å²) in [6.07, 6.45) is 0.151. The van der Waals surface area contributed by atoms with Gasteiger partial charge in [-0.05, 0) is 30.3 Å². The van der Waals surface area contributed by atoms with Gasteiger partial charge in [-0.1, -0.05) is 22.9 Å². The van der Waals surface area contributed by atoms with E-state index in [1.807, 2.05) is 4.57 Å². The van der Waals surface area contributed by atoms with Gasteiger partial charge in [-0.15, -0.1) is 11.3 Å². The molecule has 7 nitrogen and oxygen atoms in total. The Morgan fingerprint density at radius 1 is 1.30 bits per heavy atom. The molecule has 11 heteroatoms. The molecule has 1 aromatic carbocycles. The van der Waals surface area contributed by atoms with Gasteiger partial charge in [-0.25, -0.2) is 13.6 Å². The number of primary sulfonamides is 1. The molecule has 2 N–H and O–H groups in total. The van der Waals surface area contributed by atoms with Gasteiger partial charge in [0.1, 0.15) is 0 Å². The minimum Gasteiger partial charge on any atom is -0.383 e. The van der Waals surface area contributed by atoms with E-state index < -0.39 is 10.0 Å². The third-order valence-electron chi connectivity index (χ3n) is 3.68. The fourth-order valence-corrected chi connectivity index (χ4v) is 5.26. The first-order valence-electron chi connectivity index (χ1n) is 7.75. The Hall–Kier alpha value is -1.56. The van der Waals surface area contributed by atoms with Gasteiger partial charge in [-0.3, -0.25) is 4.79 Å². The fraction of sp³-hybridized carbons (Fsp3) is 0.250. The van der Waals surface area contributed by atoms with Crippen molar-refractivity contribution in [1.29, 1.82) is 0 Å². The summed E-state index contributed by atoms with van der Waals surface area (Å²) in [6.45, 7) is 0.896. The van der Waals surface area contributed by atoms with Crippen molar-refractivity contribution in [2.24, 2.45) is 10.1 Å². The number of benzene rings is 1. The molecule has 2 heterocycles. The van der Waals surface area contributed by atoms with Gasteiger partial charge in [0.15, 0.2) is 4.80 Å². The van der Waals surface area contributed by atoms with Gasteiger partial charge in [0, 0.05) is 18.5 Å². The van der Waals surface area contributed by atoms with E-state index in [1.54, 1.807) is 25.3 Å². The van der Waals surface area contributed by atoms with Crippen molar-refractivity contribution in [3.05, 3.63) is 44.3 Å². The summed E-state index contributed by atoms with van der Waals surface area (Å²) in [5, 5.41) is 5.20. The Balaban J connectivity index is 2.04. The second kappa shape index (κ2) is 8.21. The SMILES string of the molecule is COCCn1c(=NC(=O)Cc2ccc(Cl)s2)sc2cc(S(N)(=O)=O)ccc21. The highest BCUT2D eigenvalue weighted by atomic mass is 35.5. The Kier molecular flexibility index (Phi) is 6.14. The van der Waals surface area contributed by atoms with Crippen LogP contribution in [0.5, 0.6) is 0 Å². The Morgan fingerprint density at radius 3 is 2.70 bits per heavy atom. The van der Waals surface area contributed by atoms with Gasteiger partial charge < -0.3 is 9.30 Å². The summed E-state index contributed by atoms with van der Waals surface area (Å²) >= 11 is 8.45. The van der Waals surface area contributed by atoms with Crippen LogP contribution in [0.4, 0.5) is 0 Å². The van der Waals surface area contributed by atoms with E-state index in [-0.39, 0.29) is 17.2 Å². The minimum absolute atomic E-state index is 0.0150. The van der Waals surface area contributed by atoms with Gasteiger partial charge in [0.2, 0.25) is 10.0 Å². The number of amides is 1. The van der Waals surface area contributed by atoms with Gasteiger partial charge >= 0.3 is 0 Å². The van der Waals surface area contributed by atoms with Gasteiger partial charge in [0.25, 0.3) is 5.91 Å². The zero-order valence-corrected chi connectivity index (χ0v) is 17.4. The molecule has 0 fully saturated rings. The monoisotopic (exact) mass is 445 g/mol. The van der Waals surface area contributed by atoms with E-state index >= 15 is 0 Å². The van der Waals surface area contributed by atoms with Crippen LogP contribution in [0.15, 0.2) is 40.2 Å². The molecule has 0 spiro atoms. The molecule has 0 aliphatic carbocycles. The molecular weight excluding hydrogens is 430 g/mol. The number of hydrogen-bond donors (Lipinski definition) is 1. The number of rotatable bonds is 6. The number of aromatic nitrogens is 1. The second-order valence-electron chi connectivity index (χ2n) is 5.59. The van der Waals surface area contributed by atoms with Crippen LogP contribution in [0.2, 0.25) is 4.34 Å². The number of fused-ring (bicyclic) bond motifs is 1. The van der Waals surface area contributed by atoms with Crippen LogP contribution in [0.25, 0.3) is 10.2 Å². The van der Waals surface area contributed by atoms with Gasteiger partial charge in [-0.2, -0.15) is 4.99 Å². The first-order chi connectivity index (χ1) is 12.8. The molecule has 0 unspecified atom stereocenters. The smallest absolute Gasteiger partial charge is 0.253 e. The fourth-order valence-electron chi connectivity index (χ4n) is 2.46. The van der Waals surface area contributed by atoms with E-state index in [0.29, 0.717) is 27.0 Å². The largest absolute Gasteiger partial charge is 0.383 e. The zero-order valence-electron chi connectivity index (χ0n) is 14.2. The maximum Gasteiger partial charge on any atom is 0.253 e. The Labute approximate surface area is 168 Å². The average Bonchev–Trinajstić information content (AvgIpc) is 3.14. The second-order valence-corrected chi connectivity index (χ2v) is 9.96. The number of carbonyl (C=O) groups is 1. The van der Waals surface area contributed by atoms with E-state index in [0.717, 1.165) is 10.4 Å². The molecule has 0 saturated carbocycles. The van der Waals surface area contributed by atoms with Crippen LogP contribution >= 0.6 is 34.3 Å². The highest BCUT2D eigenvalue weighted by Crippen LogP contribution is 2.23. The lowest BCUT2D eigenvalue weighted by Crippen LogP contribution is -2.19. The molecule has 3 rings (SSSR count). The zero-order chi connectivity index (χ0) is 19.6. The standard InChI is InChI=1S/C16H16ClN3O4S3/c1-24-7-6-20-12-4-3-11(27(18,22)23)9-13(12)26-16(20)19-15(21)8-10-2-5-14(17)25-10/h2-5,9H,6-8H2,1H3,(H2,18,22,23). The number of nitrogens with zero attached hydrogens (tertiary/aromatic N) is 2. The number of carbonyl (C=O) groups excluding carboxylic acids is 1. The van der Waals surface area contributed by atoms with E-state index in [9.17, 15) is 13.2 Å². The maximum absolute atomic E-state index is 12.4. The normalized spacial score (nSPS) is 12.8. The molecular formula is C16H16ClN3O4S3. The van der Waals surface area contributed by atoms with Crippen LogP contribution in [0.3, 0.4) is 0 Å². The number of thiazole rings is 1. The van der Waals surface area contributed by atoms with Gasteiger partial charge in [0.05, 0.1) is 32.5 Å². The quantitative estimate of drug-likeness (QED) is 0.628. The molecule has 0 saturated heterocycles. The molecule has 144 valence electrons. The molecule has 0 radical (unpaired) electrons. The third kappa shape index (κ3) is 4.84. The summed E-state index contributed by atoms with van der Waals surface area (Å²) in [4.78, 5) is 17.9. The number of sulfonamides is 1. The number of hydrogen-bond acceptors (Lipinski definition) is 6. The van der Waals surface area contributed by atoms with Crippen molar-refractivity contribution < 1.29 is 17.9 Å². The summed E-state index contributed by atoms with van der Waals surface area (Å²) in [7, 11) is -2.23. The number of halogens is 1. The van der Waals surface area contributed by atoms with Crippen LogP contribution in [0.1, 0.15) is 4.88 Å². The lowest BCUT2D eigenvalue weighted by Gasteiger charge is -2.04. The molecule has 2 aromatic heterocycles. The van der Waals surface area contributed by atoms with E-state index in [4.69, 9.17) is 21.5 Å². The van der Waals surface area contributed by atoms with Crippen LogP contribution in [-0.4, -0.2) is 32.6 Å². The van der Waals surface area contributed by atoms with Crippen molar-refractivity contribution in [2.45, 2.75) is 17.9 Å². The van der Waals surface area contributed by atoms with Crippen molar-refractivity contribution in [3.63, 3.8) is 0 Å². The predicted molar refractivity (Wildman–Crippen MR) is 107 cm³/mol. The summed E-state index contributed by atoms with van der Waals surface area (Å²) < 4.78 is 31.4. The predicted octanol–water partition coefficient (Wildman–Crippen LogP) is 2.38. The van der Waals surface area contributed by atoms with Crippen LogP contribution in [0, 0.1) is 0 Å². The molecule has 1 amide bonds. The van der Waals surface area contributed by atoms with Crippen molar-refractivity contribution >= 4 is 60.4 Å². The first-order valence-corrected chi connectivity index (χ1v) is 11.3. The van der Waals surface area contributed by atoms with Crippen LogP contribution < -0.4 is 9.94 Å².